The van der Waals surface area contributed by atoms with E-state index < -0.39 is 12.1 Å². The Hall–Kier alpha value is -1.40. The highest BCUT2D eigenvalue weighted by atomic mass is 16.5. The number of amides is 1. The minimum Gasteiger partial charge on any atom is -0.466 e. The van der Waals surface area contributed by atoms with E-state index in [-0.39, 0.29) is 18.5 Å². The Kier molecular flexibility index (Phi) is 68.9. The lowest BCUT2D eigenvalue weighted by Crippen LogP contribution is -2.45. The normalized spacial score (nSPS) is 12.5. The number of carbonyl (C=O) groups is 2. The number of nitrogens with one attached hydrogen (secondary N) is 1. The molecule has 2 unspecified atom stereocenters. The van der Waals surface area contributed by atoms with Gasteiger partial charge in [0.05, 0.1) is 25.4 Å². The monoisotopic (exact) mass is 1130 g/mol. The van der Waals surface area contributed by atoms with Crippen LogP contribution in [0.5, 0.6) is 0 Å². The summed E-state index contributed by atoms with van der Waals surface area (Å²) in [5.74, 6) is -0.00848. The summed E-state index contributed by atoms with van der Waals surface area (Å²) < 4.78 is 5.51. The molecule has 80 heavy (non-hydrogen) atoms. The summed E-state index contributed by atoms with van der Waals surface area (Å²) in [5.41, 5.74) is 0. The van der Waals surface area contributed by atoms with Crippen molar-refractivity contribution < 1.29 is 24.5 Å². The second-order valence-electron chi connectivity index (χ2n) is 25.6. The third-order valence-corrected chi connectivity index (χ3v) is 17.6. The van der Waals surface area contributed by atoms with Crippen molar-refractivity contribution in [1.29, 1.82) is 0 Å². The summed E-state index contributed by atoms with van der Waals surface area (Å²) in [6, 6.07) is -0.536. The molecule has 0 aliphatic heterocycles. The number of hydrogen-bond acceptors (Lipinski definition) is 5. The van der Waals surface area contributed by atoms with E-state index in [1.807, 2.05) is 0 Å². The minimum absolute atomic E-state index is 0.0193. The van der Waals surface area contributed by atoms with E-state index in [0.29, 0.717) is 25.9 Å². The fraction of sp³-hybridized carbons (Fsp3) is 0.946. The van der Waals surface area contributed by atoms with Gasteiger partial charge in [-0.2, -0.15) is 0 Å². The lowest BCUT2D eigenvalue weighted by molar-refractivity contribution is -0.143. The van der Waals surface area contributed by atoms with Gasteiger partial charge in [-0.1, -0.05) is 373 Å². The number of ether oxygens (including phenoxy) is 1. The van der Waals surface area contributed by atoms with Gasteiger partial charge < -0.3 is 20.3 Å². The fourth-order valence-electron chi connectivity index (χ4n) is 11.9. The van der Waals surface area contributed by atoms with E-state index in [9.17, 15) is 19.8 Å². The molecule has 6 nitrogen and oxygen atoms in total. The van der Waals surface area contributed by atoms with E-state index in [0.717, 1.165) is 38.5 Å². The first kappa shape index (κ1) is 78.6. The highest BCUT2D eigenvalue weighted by Gasteiger charge is 2.20. The molecule has 0 aromatic rings. The molecule has 0 aromatic carbocycles. The number of esters is 1. The number of allylic oxidation sites excluding steroid dienone is 2. The third kappa shape index (κ3) is 65.7. The lowest BCUT2D eigenvalue weighted by atomic mass is 10.0. The van der Waals surface area contributed by atoms with Crippen molar-refractivity contribution in [3.8, 4) is 0 Å². The van der Waals surface area contributed by atoms with Crippen molar-refractivity contribution in [2.45, 2.75) is 437 Å². The van der Waals surface area contributed by atoms with Gasteiger partial charge in [0.1, 0.15) is 0 Å². The van der Waals surface area contributed by atoms with Crippen LogP contribution in [0.25, 0.3) is 0 Å². The van der Waals surface area contributed by atoms with Gasteiger partial charge in [-0.3, -0.25) is 9.59 Å². The van der Waals surface area contributed by atoms with Crippen LogP contribution < -0.4 is 5.32 Å². The van der Waals surface area contributed by atoms with Crippen molar-refractivity contribution in [1.82, 2.24) is 5.32 Å². The average molecular weight is 1130 g/mol. The van der Waals surface area contributed by atoms with Gasteiger partial charge in [-0.25, -0.2) is 0 Å². The Bertz CT molecular complexity index is 1210. The number of hydrogen-bond donors (Lipinski definition) is 3. The minimum atomic E-state index is -0.659. The van der Waals surface area contributed by atoms with Crippen LogP contribution in [0.15, 0.2) is 12.2 Å². The standard InChI is InChI=1S/C74H145NO5/c1-3-5-7-9-11-13-15-17-18-19-37-40-44-48-52-56-60-64-68-74(79)80-69-65-61-57-53-49-45-41-38-35-33-31-29-27-25-23-21-20-22-24-26-28-30-32-34-36-39-43-47-51-55-59-63-67-73(78)75-71(70-76)72(77)66-62-58-54-50-46-42-16-14-12-10-8-6-4-2/h18-19,71-72,76-77H,3-17,20-70H2,1-2H3,(H,75,78)/b19-18-. The summed E-state index contributed by atoms with van der Waals surface area (Å²) in [5, 5.41) is 23.3. The molecule has 476 valence electrons. The van der Waals surface area contributed by atoms with E-state index in [1.165, 1.54) is 353 Å². The van der Waals surface area contributed by atoms with Gasteiger partial charge in [0.2, 0.25) is 5.91 Å². The Morgan fingerprint density at radius 3 is 0.887 bits per heavy atom. The third-order valence-electron chi connectivity index (χ3n) is 17.6. The predicted molar refractivity (Wildman–Crippen MR) is 352 cm³/mol. The van der Waals surface area contributed by atoms with E-state index in [1.54, 1.807) is 0 Å². The van der Waals surface area contributed by atoms with E-state index in [2.05, 4.69) is 31.3 Å². The van der Waals surface area contributed by atoms with Crippen LogP contribution in [0, 0.1) is 0 Å². The van der Waals surface area contributed by atoms with Gasteiger partial charge in [0, 0.05) is 12.8 Å². The molecular formula is C74H145NO5. The van der Waals surface area contributed by atoms with Crippen LogP contribution in [0.1, 0.15) is 425 Å². The van der Waals surface area contributed by atoms with Crippen molar-refractivity contribution >= 4 is 11.9 Å². The Morgan fingerprint density at radius 1 is 0.338 bits per heavy atom. The quantitative estimate of drug-likeness (QED) is 0.0320. The van der Waals surface area contributed by atoms with Crippen LogP contribution in [0.3, 0.4) is 0 Å². The van der Waals surface area contributed by atoms with E-state index >= 15 is 0 Å². The molecule has 0 rings (SSSR count). The Balaban J connectivity index is 3.29. The summed E-state index contributed by atoms with van der Waals surface area (Å²) in [6.45, 7) is 4.99. The molecule has 0 spiro atoms. The maximum Gasteiger partial charge on any atom is 0.305 e. The van der Waals surface area contributed by atoms with Gasteiger partial charge >= 0.3 is 5.97 Å². The highest BCUT2D eigenvalue weighted by Crippen LogP contribution is 2.20. The van der Waals surface area contributed by atoms with Crippen LogP contribution in [0.4, 0.5) is 0 Å². The number of aliphatic hydroxyl groups is 2. The molecule has 6 heteroatoms. The van der Waals surface area contributed by atoms with Crippen molar-refractivity contribution in [3.63, 3.8) is 0 Å². The number of rotatable bonds is 70. The first-order chi connectivity index (χ1) is 39.5. The molecule has 0 saturated heterocycles. The molecule has 0 radical (unpaired) electrons. The summed E-state index contributed by atoms with van der Waals surface area (Å²) >= 11 is 0. The van der Waals surface area contributed by atoms with Gasteiger partial charge in [-0.05, 0) is 51.4 Å². The smallest absolute Gasteiger partial charge is 0.305 e. The predicted octanol–water partition coefficient (Wildman–Crippen LogP) is 23.9. The van der Waals surface area contributed by atoms with E-state index in [4.69, 9.17) is 4.74 Å². The molecule has 0 aliphatic rings. The summed E-state index contributed by atoms with van der Waals surface area (Å²) in [4.78, 5) is 24.6. The molecule has 0 fully saturated rings. The largest absolute Gasteiger partial charge is 0.466 e. The molecule has 0 heterocycles. The highest BCUT2D eigenvalue weighted by molar-refractivity contribution is 5.76. The molecular weight excluding hydrogens is 983 g/mol. The number of aliphatic hydroxyl groups excluding tert-OH is 2. The Labute approximate surface area is 501 Å². The van der Waals surface area contributed by atoms with Crippen molar-refractivity contribution in [3.05, 3.63) is 12.2 Å². The molecule has 3 N–H and O–H groups in total. The van der Waals surface area contributed by atoms with Crippen LogP contribution >= 0.6 is 0 Å². The summed E-state index contributed by atoms with van der Waals surface area (Å²) in [7, 11) is 0. The zero-order valence-electron chi connectivity index (χ0n) is 54.6. The maximum atomic E-state index is 12.5. The topological polar surface area (TPSA) is 95.9 Å². The molecule has 0 saturated carbocycles. The van der Waals surface area contributed by atoms with Gasteiger partial charge in [0.25, 0.3) is 0 Å². The van der Waals surface area contributed by atoms with Gasteiger partial charge in [-0.15, -0.1) is 0 Å². The fourth-order valence-corrected chi connectivity index (χ4v) is 11.9. The van der Waals surface area contributed by atoms with Crippen LogP contribution in [-0.4, -0.2) is 47.4 Å². The first-order valence-electron chi connectivity index (χ1n) is 36.9. The molecule has 1 amide bonds. The molecule has 0 aromatic heterocycles. The lowest BCUT2D eigenvalue weighted by Gasteiger charge is -2.22. The van der Waals surface area contributed by atoms with Crippen LogP contribution in [0.2, 0.25) is 0 Å². The number of carbonyl (C=O) groups excluding carboxylic acids is 2. The number of unbranched alkanes of at least 4 members (excludes halogenated alkanes) is 57. The summed E-state index contributed by atoms with van der Waals surface area (Å²) in [6.07, 6.45) is 87.1. The second-order valence-corrected chi connectivity index (χ2v) is 25.6. The zero-order chi connectivity index (χ0) is 57.8. The zero-order valence-corrected chi connectivity index (χ0v) is 54.6. The molecule has 2 atom stereocenters. The first-order valence-corrected chi connectivity index (χ1v) is 36.9. The second kappa shape index (κ2) is 70.1. The van der Waals surface area contributed by atoms with Crippen LogP contribution in [-0.2, 0) is 14.3 Å². The average Bonchev–Trinajstić information content (AvgIpc) is 3.46. The SMILES string of the molecule is CCCCCCCCC/C=C\CCCCCCCCCC(=O)OCCCCCCCCCCCCCCCCCCCCCCCCCCCCCCCCCCC(=O)NC(CO)C(O)CCCCCCCCCCCCCCC. The maximum absolute atomic E-state index is 12.5. The molecule has 0 bridgehead atoms. The van der Waals surface area contributed by atoms with Crippen molar-refractivity contribution in [2.24, 2.45) is 0 Å². The molecule has 0 aliphatic carbocycles. The van der Waals surface area contributed by atoms with Gasteiger partial charge in [0.15, 0.2) is 0 Å². The Morgan fingerprint density at radius 2 is 0.588 bits per heavy atom. The van der Waals surface area contributed by atoms with Crippen molar-refractivity contribution in [2.75, 3.05) is 13.2 Å².